The molecule has 1 saturated heterocycles. The fourth-order valence-corrected chi connectivity index (χ4v) is 2.12. The summed E-state index contributed by atoms with van der Waals surface area (Å²) in [5.41, 5.74) is 0.926. The minimum Gasteiger partial charge on any atom is -0.298 e. The van der Waals surface area contributed by atoms with Gasteiger partial charge in [-0.15, -0.1) is 0 Å². The Morgan fingerprint density at radius 2 is 2.06 bits per heavy atom. The van der Waals surface area contributed by atoms with Gasteiger partial charge in [-0.25, -0.2) is 0 Å². The molecule has 0 unspecified atom stereocenters. The largest absolute Gasteiger partial charge is 0.394 e. The number of hydrogen-bond donors (Lipinski definition) is 0. The van der Waals surface area contributed by atoms with E-state index in [1.807, 2.05) is 6.07 Å². The lowest BCUT2D eigenvalue weighted by Crippen LogP contribution is -2.52. The van der Waals surface area contributed by atoms with Crippen LogP contribution in [0, 0.1) is 5.92 Å². The Balaban J connectivity index is 1.86. The fraction of sp³-hybridized carbons (Fsp3) is 0.500. The lowest BCUT2D eigenvalue weighted by molar-refractivity contribution is -0.210. The van der Waals surface area contributed by atoms with E-state index in [1.54, 1.807) is 17.3 Å². The van der Waals surface area contributed by atoms with Gasteiger partial charge in [0.1, 0.15) is 0 Å². The van der Waals surface area contributed by atoms with E-state index in [0.29, 0.717) is 6.54 Å². The topological polar surface area (TPSA) is 16.1 Å². The van der Waals surface area contributed by atoms with Crippen LogP contribution in [-0.2, 0) is 6.54 Å². The number of hydrogen-bond acceptors (Lipinski definition) is 2. The highest BCUT2D eigenvalue weighted by Crippen LogP contribution is 2.34. The predicted molar refractivity (Wildman–Crippen MR) is 56.8 cm³/mol. The summed E-state index contributed by atoms with van der Waals surface area (Å²) in [6, 6.07) is 1.87. The maximum atomic E-state index is 12.2. The summed E-state index contributed by atoms with van der Waals surface area (Å²) in [5, 5.41) is 0. The summed E-state index contributed by atoms with van der Waals surface area (Å²) in [5.74, 6) is -1.16. The number of alkyl halides is 3. The molecule has 2 rings (SSSR count). The molecule has 0 radical (unpaired) electrons. The molecule has 0 atom stereocenters. The first kappa shape index (κ1) is 11.9. The zero-order chi connectivity index (χ0) is 11.8. The highest BCUT2D eigenvalue weighted by molar-refractivity contribution is 9.10. The van der Waals surface area contributed by atoms with E-state index in [-0.39, 0.29) is 13.1 Å². The molecule has 1 aliphatic heterocycles. The van der Waals surface area contributed by atoms with Crippen LogP contribution >= 0.6 is 15.9 Å². The van der Waals surface area contributed by atoms with E-state index >= 15 is 0 Å². The molecule has 16 heavy (non-hydrogen) atoms. The van der Waals surface area contributed by atoms with E-state index < -0.39 is 12.1 Å². The van der Waals surface area contributed by atoms with Crippen LogP contribution < -0.4 is 0 Å². The quantitative estimate of drug-likeness (QED) is 0.834. The highest BCUT2D eigenvalue weighted by atomic mass is 79.9. The molecule has 1 aromatic rings. The third-order valence-electron chi connectivity index (χ3n) is 2.59. The van der Waals surface area contributed by atoms with Crippen molar-refractivity contribution in [1.82, 2.24) is 9.88 Å². The third kappa shape index (κ3) is 2.74. The molecule has 2 heterocycles. The Bertz CT molecular complexity index is 375. The molecule has 1 fully saturated rings. The fourth-order valence-electron chi connectivity index (χ4n) is 1.71. The van der Waals surface area contributed by atoms with Crippen LogP contribution in [0.2, 0.25) is 0 Å². The van der Waals surface area contributed by atoms with Crippen molar-refractivity contribution in [3.63, 3.8) is 0 Å². The Morgan fingerprint density at radius 3 is 2.62 bits per heavy atom. The molecule has 2 nitrogen and oxygen atoms in total. The highest BCUT2D eigenvalue weighted by Gasteiger charge is 2.46. The molecule has 0 spiro atoms. The second kappa shape index (κ2) is 4.33. The van der Waals surface area contributed by atoms with E-state index in [4.69, 9.17) is 0 Å². The molecule has 1 aliphatic rings. The molecule has 0 aromatic carbocycles. The van der Waals surface area contributed by atoms with E-state index in [1.165, 1.54) is 0 Å². The van der Waals surface area contributed by atoms with Crippen molar-refractivity contribution >= 4 is 15.9 Å². The summed E-state index contributed by atoms with van der Waals surface area (Å²) in [7, 11) is 0. The lowest BCUT2D eigenvalue weighted by atomic mass is 9.99. The average Bonchev–Trinajstić information content (AvgIpc) is 2.08. The molecule has 0 bridgehead atoms. The van der Waals surface area contributed by atoms with Crippen LogP contribution in [0.15, 0.2) is 22.9 Å². The first-order valence-corrected chi connectivity index (χ1v) is 5.63. The zero-order valence-electron chi connectivity index (χ0n) is 8.34. The van der Waals surface area contributed by atoms with Crippen molar-refractivity contribution in [2.45, 2.75) is 12.7 Å². The first-order chi connectivity index (χ1) is 7.45. The maximum Gasteiger partial charge on any atom is 0.394 e. The van der Waals surface area contributed by atoms with Crippen LogP contribution in [-0.4, -0.2) is 29.1 Å². The van der Waals surface area contributed by atoms with Gasteiger partial charge in [-0.3, -0.25) is 9.88 Å². The maximum absolute atomic E-state index is 12.2. The molecule has 0 aliphatic carbocycles. The van der Waals surface area contributed by atoms with Gasteiger partial charge in [-0.05, 0) is 27.6 Å². The zero-order valence-corrected chi connectivity index (χ0v) is 9.92. The number of rotatable bonds is 2. The Morgan fingerprint density at radius 1 is 1.38 bits per heavy atom. The molecule has 0 saturated carbocycles. The number of pyridine rings is 1. The van der Waals surface area contributed by atoms with Crippen LogP contribution in [0.4, 0.5) is 13.2 Å². The summed E-state index contributed by atoms with van der Waals surface area (Å²) in [6.07, 6.45) is -0.726. The van der Waals surface area contributed by atoms with Gasteiger partial charge < -0.3 is 0 Å². The molecule has 0 N–H and O–H groups in total. The lowest BCUT2D eigenvalue weighted by Gasteiger charge is -2.40. The van der Waals surface area contributed by atoms with Gasteiger partial charge in [0.15, 0.2) is 0 Å². The molecule has 88 valence electrons. The van der Waals surface area contributed by atoms with Gasteiger partial charge >= 0.3 is 6.18 Å². The van der Waals surface area contributed by atoms with Crippen molar-refractivity contribution in [2.24, 2.45) is 5.92 Å². The van der Waals surface area contributed by atoms with Gasteiger partial charge in [0, 0.05) is 36.5 Å². The standard InChI is InChI=1S/C10H10BrF3N2/c11-9-1-7(2-15-3-9)4-16-5-8(6-16)10(12,13)14/h1-3,8H,4-6H2. The summed E-state index contributed by atoms with van der Waals surface area (Å²) in [4.78, 5) is 5.73. The second-order valence-corrected chi connectivity index (χ2v) is 4.86. The van der Waals surface area contributed by atoms with Crippen molar-refractivity contribution in [3.05, 3.63) is 28.5 Å². The molecule has 1 aromatic heterocycles. The predicted octanol–water partition coefficient (Wildman–Crippen LogP) is 2.84. The van der Waals surface area contributed by atoms with Gasteiger partial charge in [-0.1, -0.05) is 0 Å². The monoisotopic (exact) mass is 294 g/mol. The van der Waals surface area contributed by atoms with Gasteiger partial charge in [0.05, 0.1) is 5.92 Å². The Kier molecular flexibility index (Phi) is 3.21. The summed E-state index contributed by atoms with van der Waals surface area (Å²) in [6.45, 7) is 0.713. The molecular weight excluding hydrogens is 285 g/mol. The summed E-state index contributed by atoms with van der Waals surface area (Å²) >= 11 is 3.27. The van der Waals surface area contributed by atoms with Gasteiger partial charge in [-0.2, -0.15) is 13.2 Å². The van der Waals surface area contributed by atoms with Gasteiger partial charge in [0.2, 0.25) is 0 Å². The minimum absolute atomic E-state index is 0.0933. The summed E-state index contributed by atoms with van der Waals surface area (Å²) < 4.78 is 37.5. The van der Waals surface area contributed by atoms with Crippen LogP contribution in [0.25, 0.3) is 0 Å². The van der Waals surface area contributed by atoms with E-state index in [9.17, 15) is 13.2 Å². The number of nitrogens with zero attached hydrogens (tertiary/aromatic N) is 2. The van der Waals surface area contributed by atoms with Crippen molar-refractivity contribution in [2.75, 3.05) is 13.1 Å². The van der Waals surface area contributed by atoms with Crippen LogP contribution in [0.1, 0.15) is 5.56 Å². The van der Waals surface area contributed by atoms with Crippen LogP contribution in [0.5, 0.6) is 0 Å². The van der Waals surface area contributed by atoms with Crippen molar-refractivity contribution in [3.8, 4) is 0 Å². The van der Waals surface area contributed by atoms with E-state index in [0.717, 1.165) is 10.0 Å². The van der Waals surface area contributed by atoms with Crippen LogP contribution in [0.3, 0.4) is 0 Å². The third-order valence-corrected chi connectivity index (χ3v) is 3.02. The first-order valence-electron chi connectivity index (χ1n) is 4.83. The molecule has 0 amide bonds. The Hall–Kier alpha value is -0.620. The van der Waals surface area contributed by atoms with E-state index in [2.05, 4.69) is 20.9 Å². The minimum atomic E-state index is -4.05. The average molecular weight is 295 g/mol. The van der Waals surface area contributed by atoms with Crippen molar-refractivity contribution in [1.29, 1.82) is 0 Å². The van der Waals surface area contributed by atoms with Crippen molar-refractivity contribution < 1.29 is 13.2 Å². The number of halogens is 4. The smallest absolute Gasteiger partial charge is 0.298 e. The molecular formula is C10H10BrF3N2. The SMILES string of the molecule is FC(F)(F)C1CN(Cc2cncc(Br)c2)C1. The number of likely N-dealkylation sites (tertiary alicyclic amines) is 1. The number of aromatic nitrogens is 1. The second-order valence-electron chi connectivity index (χ2n) is 3.94. The van der Waals surface area contributed by atoms with Gasteiger partial charge in [0.25, 0.3) is 0 Å². The normalized spacial score (nSPS) is 18.5. The Labute approximate surface area is 99.6 Å². The molecule has 6 heteroatoms.